The van der Waals surface area contributed by atoms with Gasteiger partial charge in [0.05, 0.1) is 0 Å². The number of rotatable bonds is 8. The van der Waals surface area contributed by atoms with E-state index >= 15 is 0 Å². The van der Waals surface area contributed by atoms with Gasteiger partial charge in [0.2, 0.25) is 0 Å². The van der Waals surface area contributed by atoms with Crippen molar-refractivity contribution in [1.82, 2.24) is 0 Å². The fourth-order valence-electron chi connectivity index (χ4n) is 14.3. The molecule has 0 unspecified atom stereocenters. The van der Waals surface area contributed by atoms with Crippen LogP contribution in [0.15, 0.2) is 309 Å². The van der Waals surface area contributed by atoms with E-state index in [1.807, 2.05) is 48.5 Å². The molecule has 88 heavy (non-hydrogen) atoms. The van der Waals surface area contributed by atoms with E-state index in [0.29, 0.717) is 0 Å². The van der Waals surface area contributed by atoms with Crippen molar-refractivity contribution >= 4 is 165 Å². The van der Waals surface area contributed by atoms with E-state index < -0.39 is 0 Å². The summed E-state index contributed by atoms with van der Waals surface area (Å²) in [5.41, 5.74) is 17.0. The van der Waals surface area contributed by atoms with Crippen molar-refractivity contribution in [3.8, 4) is 22.3 Å². The van der Waals surface area contributed by atoms with Gasteiger partial charge < -0.3 is 27.5 Å². The molecule has 0 saturated carbocycles. The first kappa shape index (κ1) is 48.5. The van der Waals surface area contributed by atoms with Crippen LogP contribution in [-0.4, -0.2) is 0 Å². The average Bonchev–Trinajstić information content (AvgIpc) is 1.40. The summed E-state index contributed by atoms with van der Waals surface area (Å²) < 4.78 is 26.6. The zero-order valence-electron chi connectivity index (χ0n) is 47.2. The number of nitrogens with zero attached hydrogens (tertiary/aromatic N) is 2. The van der Waals surface area contributed by atoms with Crippen molar-refractivity contribution in [3.63, 3.8) is 0 Å². The minimum absolute atomic E-state index is 0.815. The first-order valence-electron chi connectivity index (χ1n) is 29.9. The largest absolute Gasteiger partial charge is 0.456 e. The Morgan fingerprint density at radius 1 is 0.170 bits per heavy atom. The average molecular weight is 1130 g/mol. The van der Waals surface area contributed by atoms with Crippen molar-refractivity contribution in [1.29, 1.82) is 0 Å². The van der Waals surface area contributed by atoms with Crippen molar-refractivity contribution in [3.05, 3.63) is 291 Å². The van der Waals surface area contributed by atoms with Crippen LogP contribution in [0.5, 0.6) is 0 Å². The van der Waals surface area contributed by atoms with Crippen LogP contribution in [0.2, 0.25) is 0 Å². The maximum Gasteiger partial charge on any atom is 0.137 e. The fraction of sp³-hybridized carbons (Fsp3) is 0. The summed E-state index contributed by atoms with van der Waals surface area (Å²) >= 11 is 0. The van der Waals surface area contributed by atoms with Gasteiger partial charge in [-0.15, -0.1) is 0 Å². The Morgan fingerprint density at radius 2 is 0.420 bits per heavy atom. The third-order valence-electron chi connectivity index (χ3n) is 18.2. The summed E-state index contributed by atoms with van der Waals surface area (Å²) in [6.07, 6.45) is 0. The van der Waals surface area contributed by atoms with Crippen LogP contribution in [0.4, 0.5) is 34.1 Å². The smallest absolute Gasteiger partial charge is 0.137 e. The molecule has 6 heteroatoms. The van der Waals surface area contributed by atoms with Crippen LogP contribution in [-0.2, 0) is 0 Å². The molecule has 0 radical (unpaired) electrons. The second kappa shape index (κ2) is 18.8. The van der Waals surface area contributed by atoms with Gasteiger partial charge in [-0.1, -0.05) is 170 Å². The molecule has 0 amide bonds. The number of furan rings is 4. The molecule has 0 bridgehead atoms. The van der Waals surface area contributed by atoms with Gasteiger partial charge in [0, 0.05) is 101 Å². The van der Waals surface area contributed by atoms with Gasteiger partial charge in [-0.2, -0.15) is 0 Å². The number of benzene rings is 15. The Kier molecular flexibility index (Phi) is 10.4. The minimum Gasteiger partial charge on any atom is -0.456 e. The molecule has 0 aliphatic carbocycles. The molecule has 0 aliphatic heterocycles. The van der Waals surface area contributed by atoms with Gasteiger partial charge in [0.25, 0.3) is 0 Å². The summed E-state index contributed by atoms with van der Waals surface area (Å²) in [5, 5.41) is 17.7. The maximum absolute atomic E-state index is 6.65. The van der Waals surface area contributed by atoms with E-state index in [4.69, 9.17) is 17.7 Å². The molecule has 6 nitrogen and oxygen atoms in total. The number of hydrogen-bond acceptors (Lipinski definition) is 6. The predicted octanol–water partition coefficient (Wildman–Crippen LogP) is 24.2. The third kappa shape index (κ3) is 7.36. The predicted molar refractivity (Wildman–Crippen MR) is 366 cm³/mol. The summed E-state index contributed by atoms with van der Waals surface area (Å²) in [4.78, 5) is 4.71. The monoisotopic (exact) mass is 1120 g/mol. The van der Waals surface area contributed by atoms with Crippen LogP contribution in [0.25, 0.3) is 153 Å². The lowest BCUT2D eigenvalue weighted by molar-refractivity contribution is 0.668. The van der Waals surface area contributed by atoms with E-state index in [0.717, 1.165) is 166 Å². The van der Waals surface area contributed by atoms with Crippen LogP contribution < -0.4 is 9.80 Å². The van der Waals surface area contributed by atoms with Gasteiger partial charge in [0.1, 0.15) is 44.7 Å². The molecule has 19 aromatic rings. The zero-order chi connectivity index (χ0) is 57.6. The van der Waals surface area contributed by atoms with Crippen LogP contribution >= 0.6 is 0 Å². The molecule has 15 aromatic carbocycles. The number of fused-ring (bicyclic) bond motifs is 16. The normalized spacial score (nSPS) is 12.1. The topological polar surface area (TPSA) is 59.0 Å². The summed E-state index contributed by atoms with van der Waals surface area (Å²) in [5.74, 6) is 0. The second-order valence-electron chi connectivity index (χ2n) is 23.0. The first-order valence-corrected chi connectivity index (χ1v) is 29.9. The Balaban J connectivity index is 0.913. The Labute approximate surface area is 503 Å². The summed E-state index contributed by atoms with van der Waals surface area (Å²) in [7, 11) is 0. The number of anilines is 6. The van der Waals surface area contributed by atoms with E-state index in [1.165, 1.54) is 21.5 Å². The van der Waals surface area contributed by atoms with Gasteiger partial charge in [-0.25, -0.2) is 0 Å². The second-order valence-corrected chi connectivity index (χ2v) is 23.0. The molecule has 0 aliphatic rings. The zero-order valence-corrected chi connectivity index (χ0v) is 47.2. The molecule has 4 aromatic heterocycles. The lowest BCUT2D eigenvalue weighted by Crippen LogP contribution is -2.10. The highest BCUT2D eigenvalue weighted by atomic mass is 16.3. The van der Waals surface area contributed by atoms with Gasteiger partial charge in [-0.3, -0.25) is 0 Å². The van der Waals surface area contributed by atoms with Gasteiger partial charge >= 0.3 is 0 Å². The SMILES string of the molecule is c1ccc2c(-c3c4ccc(N(c5ccc6c(c5)oc5ccccc56)c5ccc6c(c5)oc5ccccc56)cc4c(-c4cccc5ccccc45)c4ccc(N(c5ccc6c(c5)oc5ccccc56)c5ccc6c(c5)oc5ccccc56)cc34)cccc2c1. The standard InChI is InChI=1S/C82H48N2O4/c1-3-19-57-49(15-1)17-13-25-67(57)81-69-41-35-52(84(55-33-39-65-61-23-7-11-29-75(61)87-79(65)47-55)56-34-40-66-62-24-8-12-30-76(62)88-80(66)48-56)44-72(69)82(68-26-14-18-50-16-2-4-20-58(50)68)70-42-36-51(43-71(70)81)83(53-31-37-63-59-21-5-9-27-73(59)85-77(63)45-53)54-32-38-64-60-22-6-10-28-74(60)86-78(64)46-54/h1-48H. The fourth-order valence-corrected chi connectivity index (χ4v) is 14.3. The van der Waals surface area contributed by atoms with Crippen molar-refractivity contribution in [2.75, 3.05) is 9.80 Å². The number of hydrogen-bond donors (Lipinski definition) is 0. The highest BCUT2D eigenvalue weighted by molar-refractivity contribution is 6.27. The Morgan fingerprint density at radius 3 is 0.750 bits per heavy atom. The molecule has 0 fully saturated rings. The van der Waals surface area contributed by atoms with Crippen molar-refractivity contribution in [2.24, 2.45) is 0 Å². The maximum atomic E-state index is 6.65. The lowest BCUT2D eigenvalue weighted by atomic mass is 9.83. The van der Waals surface area contributed by atoms with Gasteiger partial charge in [0.15, 0.2) is 0 Å². The van der Waals surface area contributed by atoms with Crippen LogP contribution in [0.3, 0.4) is 0 Å². The summed E-state index contributed by atoms with van der Waals surface area (Å²) in [6.45, 7) is 0. The van der Waals surface area contributed by atoms with Crippen molar-refractivity contribution < 1.29 is 17.7 Å². The van der Waals surface area contributed by atoms with Crippen molar-refractivity contribution in [2.45, 2.75) is 0 Å². The molecular formula is C82H48N2O4. The molecule has 0 atom stereocenters. The Hall–Kier alpha value is -11.9. The van der Waals surface area contributed by atoms with Crippen LogP contribution in [0, 0.1) is 0 Å². The highest BCUT2D eigenvalue weighted by Gasteiger charge is 2.26. The van der Waals surface area contributed by atoms with Gasteiger partial charge in [-0.05, 0) is 162 Å². The van der Waals surface area contributed by atoms with E-state index in [2.05, 4.69) is 252 Å². The molecule has 19 rings (SSSR count). The van der Waals surface area contributed by atoms with Crippen LogP contribution in [0.1, 0.15) is 0 Å². The van der Waals surface area contributed by atoms with E-state index in [-0.39, 0.29) is 0 Å². The highest BCUT2D eigenvalue weighted by Crippen LogP contribution is 2.52. The first-order chi connectivity index (χ1) is 43.6. The molecule has 0 spiro atoms. The molecule has 0 saturated heterocycles. The minimum atomic E-state index is 0.815. The molecular weight excluding hydrogens is 1080 g/mol. The third-order valence-corrected chi connectivity index (χ3v) is 18.2. The lowest BCUT2D eigenvalue weighted by Gasteiger charge is -2.28. The Bertz CT molecular complexity index is 5500. The summed E-state index contributed by atoms with van der Waals surface area (Å²) in [6, 6.07) is 105. The molecule has 4 heterocycles. The van der Waals surface area contributed by atoms with E-state index in [9.17, 15) is 0 Å². The number of para-hydroxylation sites is 4. The quantitative estimate of drug-likeness (QED) is 0.141. The van der Waals surface area contributed by atoms with E-state index in [1.54, 1.807) is 0 Å². The molecule has 0 N–H and O–H groups in total. The molecule has 410 valence electrons.